The van der Waals surface area contributed by atoms with Gasteiger partial charge in [-0.15, -0.1) is 0 Å². The summed E-state index contributed by atoms with van der Waals surface area (Å²) >= 11 is 0. The highest BCUT2D eigenvalue weighted by atomic mass is 15.3. The molecule has 4 nitrogen and oxygen atoms in total. The molecule has 0 amide bonds. The highest BCUT2D eigenvalue weighted by molar-refractivity contribution is 5.30. The standard InChI is InChI=1S/C15H26N4/c1-11(2)8-16-15-17-12(3)9-19(15)14-6-7-18(10-14)13-4-5-13/h9,11,13-14H,4-8,10H2,1-3H3,(H,16,17). The van der Waals surface area contributed by atoms with Gasteiger partial charge in [-0.3, -0.25) is 4.90 Å². The molecule has 1 saturated carbocycles. The van der Waals surface area contributed by atoms with Crippen molar-refractivity contribution in [2.45, 2.75) is 52.1 Å². The molecule has 4 heteroatoms. The average molecular weight is 262 g/mol. The Morgan fingerprint density at radius 2 is 2.11 bits per heavy atom. The van der Waals surface area contributed by atoms with Gasteiger partial charge in [0, 0.05) is 31.9 Å². The summed E-state index contributed by atoms with van der Waals surface area (Å²) in [4.78, 5) is 7.30. The Balaban J connectivity index is 1.69. The van der Waals surface area contributed by atoms with Crippen LogP contribution in [0, 0.1) is 12.8 Å². The second-order valence-corrected chi connectivity index (χ2v) is 6.56. The summed E-state index contributed by atoms with van der Waals surface area (Å²) in [6.07, 6.45) is 6.30. The third-order valence-electron chi connectivity index (χ3n) is 4.17. The molecule has 1 unspecified atom stereocenters. The van der Waals surface area contributed by atoms with E-state index >= 15 is 0 Å². The Morgan fingerprint density at radius 3 is 2.79 bits per heavy atom. The van der Waals surface area contributed by atoms with Crippen molar-refractivity contribution in [3.8, 4) is 0 Å². The first-order valence-electron chi connectivity index (χ1n) is 7.67. The first kappa shape index (κ1) is 13.0. The molecule has 1 atom stereocenters. The Labute approximate surface area is 116 Å². The molecule has 1 aromatic rings. The number of aryl methyl sites for hydroxylation is 1. The number of anilines is 1. The van der Waals surface area contributed by atoms with Gasteiger partial charge in [-0.05, 0) is 32.1 Å². The lowest BCUT2D eigenvalue weighted by molar-refractivity contribution is 0.314. The van der Waals surface area contributed by atoms with E-state index in [1.807, 2.05) is 0 Å². The van der Waals surface area contributed by atoms with Crippen LogP contribution in [0.4, 0.5) is 5.95 Å². The van der Waals surface area contributed by atoms with E-state index in [-0.39, 0.29) is 0 Å². The van der Waals surface area contributed by atoms with Crippen molar-refractivity contribution < 1.29 is 0 Å². The first-order valence-corrected chi connectivity index (χ1v) is 7.67. The zero-order chi connectivity index (χ0) is 13.4. The fraction of sp³-hybridized carbons (Fsp3) is 0.800. The molecule has 106 valence electrons. The molecule has 2 aliphatic rings. The summed E-state index contributed by atoms with van der Waals surface area (Å²) in [5.41, 5.74) is 1.12. The predicted molar refractivity (Wildman–Crippen MR) is 78.5 cm³/mol. The number of rotatable bonds is 5. The number of nitrogens with zero attached hydrogens (tertiary/aromatic N) is 3. The maximum absolute atomic E-state index is 4.65. The maximum Gasteiger partial charge on any atom is 0.203 e. The number of aromatic nitrogens is 2. The van der Waals surface area contributed by atoms with Gasteiger partial charge in [0.05, 0.1) is 11.7 Å². The minimum Gasteiger partial charge on any atom is -0.355 e. The van der Waals surface area contributed by atoms with E-state index in [0.29, 0.717) is 12.0 Å². The summed E-state index contributed by atoms with van der Waals surface area (Å²) < 4.78 is 2.38. The lowest BCUT2D eigenvalue weighted by Gasteiger charge is -2.18. The van der Waals surface area contributed by atoms with E-state index < -0.39 is 0 Å². The summed E-state index contributed by atoms with van der Waals surface area (Å²) in [5.74, 6) is 1.71. The van der Waals surface area contributed by atoms with Crippen LogP contribution >= 0.6 is 0 Å². The Bertz CT molecular complexity index is 433. The zero-order valence-electron chi connectivity index (χ0n) is 12.4. The van der Waals surface area contributed by atoms with Crippen LogP contribution in [0.5, 0.6) is 0 Å². The van der Waals surface area contributed by atoms with Gasteiger partial charge in [0.2, 0.25) is 5.95 Å². The topological polar surface area (TPSA) is 33.1 Å². The largest absolute Gasteiger partial charge is 0.355 e. The third-order valence-corrected chi connectivity index (χ3v) is 4.17. The minimum atomic E-state index is 0.608. The smallest absolute Gasteiger partial charge is 0.203 e. The second-order valence-electron chi connectivity index (χ2n) is 6.56. The van der Waals surface area contributed by atoms with Gasteiger partial charge in [0.15, 0.2) is 0 Å². The SMILES string of the molecule is Cc1cn(C2CCN(C3CC3)C2)c(NCC(C)C)n1. The zero-order valence-corrected chi connectivity index (χ0v) is 12.4. The molecule has 0 aromatic carbocycles. The van der Waals surface area contributed by atoms with Crippen molar-refractivity contribution in [3.63, 3.8) is 0 Å². The normalized spacial score (nSPS) is 24.3. The van der Waals surface area contributed by atoms with E-state index in [2.05, 4.69) is 46.7 Å². The Hall–Kier alpha value is -1.03. The molecule has 0 bridgehead atoms. The summed E-state index contributed by atoms with van der Waals surface area (Å²) in [5, 5.41) is 3.50. The molecule has 1 aliphatic carbocycles. The second kappa shape index (κ2) is 5.16. The van der Waals surface area contributed by atoms with Crippen molar-refractivity contribution in [3.05, 3.63) is 11.9 Å². The van der Waals surface area contributed by atoms with Crippen LogP contribution < -0.4 is 5.32 Å². The van der Waals surface area contributed by atoms with Crippen LogP contribution in [0.3, 0.4) is 0 Å². The van der Waals surface area contributed by atoms with E-state index in [9.17, 15) is 0 Å². The molecule has 2 fully saturated rings. The number of nitrogens with one attached hydrogen (secondary N) is 1. The van der Waals surface area contributed by atoms with E-state index in [1.165, 1.54) is 32.4 Å². The molecule has 1 aliphatic heterocycles. The molecular weight excluding hydrogens is 236 g/mol. The van der Waals surface area contributed by atoms with Crippen LogP contribution in [0.25, 0.3) is 0 Å². The number of likely N-dealkylation sites (tertiary alicyclic amines) is 1. The average Bonchev–Trinajstić information content (AvgIpc) is 2.97. The molecule has 0 radical (unpaired) electrons. The van der Waals surface area contributed by atoms with Crippen LogP contribution in [-0.4, -0.2) is 40.1 Å². The maximum atomic E-state index is 4.65. The van der Waals surface area contributed by atoms with E-state index in [0.717, 1.165) is 24.2 Å². The fourth-order valence-corrected chi connectivity index (χ4v) is 2.99. The number of imidazole rings is 1. The van der Waals surface area contributed by atoms with Gasteiger partial charge in [0.1, 0.15) is 0 Å². The Kier molecular flexibility index (Phi) is 3.52. The van der Waals surface area contributed by atoms with Crippen molar-refractivity contribution >= 4 is 5.95 Å². The number of hydrogen-bond donors (Lipinski definition) is 1. The molecule has 0 spiro atoms. The van der Waals surface area contributed by atoms with Crippen LogP contribution in [0.1, 0.15) is 44.8 Å². The highest BCUT2D eigenvalue weighted by Gasteiger charge is 2.35. The molecular formula is C15H26N4. The monoisotopic (exact) mass is 262 g/mol. The van der Waals surface area contributed by atoms with Crippen molar-refractivity contribution in [1.29, 1.82) is 0 Å². The summed E-state index contributed by atoms with van der Waals surface area (Å²) in [7, 11) is 0. The number of hydrogen-bond acceptors (Lipinski definition) is 3. The van der Waals surface area contributed by atoms with Crippen LogP contribution in [0.2, 0.25) is 0 Å². The van der Waals surface area contributed by atoms with Gasteiger partial charge in [-0.1, -0.05) is 13.8 Å². The van der Waals surface area contributed by atoms with Crippen molar-refractivity contribution in [2.75, 3.05) is 25.0 Å². The molecule has 1 saturated heterocycles. The first-order chi connectivity index (χ1) is 9.13. The van der Waals surface area contributed by atoms with Crippen molar-refractivity contribution in [2.24, 2.45) is 5.92 Å². The molecule has 19 heavy (non-hydrogen) atoms. The van der Waals surface area contributed by atoms with Gasteiger partial charge in [-0.2, -0.15) is 0 Å². The molecule has 1 N–H and O–H groups in total. The lowest BCUT2D eigenvalue weighted by Crippen LogP contribution is -2.24. The van der Waals surface area contributed by atoms with Crippen LogP contribution in [0.15, 0.2) is 6.20 Å². The predicted octanol–water partition coefficient (Wildman–Crippen LogP) is 2.67. The highest BCUT2D eigenvalue weighted by Crippen LogP contribution is 2.34. The fourth-order valence-electron chi connectivity index (χ4n) is 2.99. The molecule has 2 heterocycles. The lowest BCUT2D eigenvalue weighted by atomic mass is 10.2. The van der Waals surface area contributed by atoms with E-state index in [4.69, 9.17) is 0 Å². The van der Waals surface area contributed by atoms with E-state index in [1.54, 1.807) is 0 Å². The quantitative estimate of drug-likeness (QED) is 0.885. The van der Waals surface area contributed by atoms with Gasteiger partial charge < -0.3 is 9.88 Å². The molecule has 1 aromatic heterocycles. The minimum absolute atomic E-state index is 0.608. The third kappa shape index (κ3) is 2.94. The van der Waals surface area contributed by atoms with Gasteiger partial charge in [-0.25, -0.2) is 4.98 Å². The summed E-state index contributed by atoms with van der Waals surface area (Å²) in [6.45, 7) is 10.0. The van der Waals surface area contributed by atoms with Gasteiger partial charge in [0.25, 0.3) is 0 Å². The van der Waals surface area contributed by atoms with Crippen molar-refractivity contribution in [1.82, 2.24) is 14.5 Å². The Morgan fingerprint density at radius 1 is 1.32 bits per heavy atom. The molecule has 3 rings (SSSR count). The van der Waals surface area contributed by atoms with Gasteiger partial charge >= 0.3 is 0 Å². The summed E-state index contributed by atoms with van der Waals surface area (Å²) in [6, 6.07) is 1.50. The van der Waals surface area contributed by atoms with Crippen LogP contribution in [-0.2, 0) is 0 Å².